The fourth-order valence-corrected chi connectivity index (χ4v) is 2.25. The number of benzene rings is 1. The molecule has 0 fully saturated rings. The van der Waals surface area contributed by atoms with Crippen molar-refractivity contribution >= 4 is 5.78 Å². The Hall–Kier alpha value is -2.21. The molecule has 0 saturated carbocycles. The first kappa shape index (κ1) is 17.1. The zero-order valence-electron chi connectivity index (χ0n) is 13.8. The fraction of sp³-hybridized carbons (Fsp3) is 0.471. The van der Waals surface area contributed by atoms with Crippen LogP contribution in [-0.2, 0) is 17.8 Å². The maximum absolute atomic E-state index is 11.0. The van der Waals surface area contributed by atoms with Crippen LogP contribution >= 0.6 is 0 Å². The molecule has 0 bridgehead atoms. The molecule has 6 nitrogen and oxygen atoms in total. The van der Waals surface area contributed by atoms with Crippen molar-refractivity contribution in [3.05, 3.63) is 41.5 Å². The number of ketones is 1. The number of carbonyl (C=O) groups is 1. The molecule has 6 heteroatoms. The van der Waals surface area contributed by atoms with E-state index in [9.17, 15) is 9.90 Å². The van der Waals surface area contributed by atoms with Crippen molar-refractivity contribution in [3.63, 3.8) is 0 Å². The minimum atomic E-state index is -0.660. The summed E-state index contributed by atoms with van der Waals surface area (Å²) in [5, 5.41) is 14.3. The van der Waals surface area contributed by atoms with Crippen LogP contribution in [0.4, 0.5) is 0 Å². The van der Waals surface area contributed by atoms with Crippen LogP contribution in [0.1, 0.15) is 30.6 Å². The highest BCUT2D eigenvalue weighted by atomic mass is 16.5. The van der Waals surface area contributed by atoms with Crippen molar-refractivity contribution in [3.8, 4) is 5.75 Å². The van der Waals surface area contributed by atoms with E-state index in [0.29, 0.717) is 24.5 Å². The van der Waals surface area contributed by atoms with Gasteiger partial charge in [0.25, 0.3) is 0 Å². The van der Waals surface area contributed by atoms with Gasteiger partial charge in [0.2, 0.25) is 0 Å². The van der Waals surface area contributed by atoms with Gasteiger partial charge < -0.3 is 14.6 Å². The van der Waals surface area contributed by atoms with Gasteiger partial charge in [0, 0.05) is 6.42 Å². The number of hydrogen-bond acceptors (Lipinski definition) is 5. The average molecular weight is 317 g/mol. The van der Waals surface area contributed by atoms with Crippen LogP contribution in [0.3, 0.4) is 0 Å². The summed E-state index contributed by atoms with van der Waals surface area (Å²) < 4.78 is 7.26. The van der Waals surface area contributed by atoms with E-state index >= 15 is 0 Å². The first-order chi connectivity index (χ1) is 10.9. The molecule has 1 aromatic carbocycles. The van der Waals surface area contributed by atoms with Gasteiger partial charge in [-0.2, -0.15) is 5.10 Å². The molecule has 2 rings (SSSR count). The monoisotopic (exact) mass is 317 g/mol. The Morgan fingerprint density at radius 3 is 2.57 bits per heavy atom. The van der Waals surface area contributed by atoms with Crippen LogP contribution in [-0.4, -0.2) is 38.4 Å². The average Bonchev–Trinajstić information content (AvgIpc) is 2.81. The first-order valence-corrected chi connectivity index (χ1v) is 7.71. The largest absolute Gasteiger partial charge is 0.491 e. The number of aliphatic hydroxyl groups excluding tert-OH is 1. The Morgan fingerprint density at radius 2 is 2.00 bits per heavy atom. The van der Waals surface area contributed by atoms with Crippen molar-refractivity contribution < 1.29 is 14.6 Å². The van der Waals surface area contributed by atoms with Crippen molar-refractivity contribution in [1.82, 2.24) is 14.8 Å². The van der Waals surface area contributed by atoms with Crippen molar-refractivity contribution in [1.29, 1.82) is 0 Å². The van der Waals surface area contributed by atoms with Crippen molar-refractivity contribution in [2.24, 2.45) is 0 Å². The lowest BCUT2D eigenvalue weighted by Gasteiger charge is -2.13. The Bertz CT molecular complexity index is 650. The third-order valence-corrected chi connectivity index (χ3v) is 3.48. The predicted molar refractivity (Wildman–Crippen MR) is 86.4 cm³/mol. The van der Waals surface area contributed by atoms with E-state index in [1.807, 2.05) is 38.1 Å². The summed E-state index contributed by atoms with van der Waals surface area (Å²) in [6, 6.07) is 7.59. The van der Waals surface area contributed by atoms with E-state index in [2.05, 4.69) is 10.1 Å². The number of rotatable bonds is 8. The second-order valence-corrected chi connectivity index (χ2v) is 5.70. The summed E-state index contributed by atoms with van der Waals surface area (Å²) in [5.74, 6) is 2.35. The van der Waals surface area contributed by atoms with Crippen LogP contribution in [0, 0.1) is 13.8 Å². The molecule has 23 heavy (non-hydrogen) atoms. The Kier molecular flexibility index (Phi) is 5.87. The third kappa shape index (κ3) is 5.49. The molecule has 0 aliphatic carbocycles. The molecule has 1 N–H and O–H groups in total. The molecular weight excluding hydrogens is 294 g/mol. The van der Waals surface area contributed by atoms with Crippen LogP contribution in [0.25, 0.3) is 0 Å². The second kappa shape index (κ2) is 7.87. The van der Waals surface area contributed by atoms with Crippen molar-refractivity contribution in [2.75, 3.05) is 6.61 Å². The maximum Gasteiger partial charge on any atom is 0.147 e. The summed E-state index contributed by atoms with van der Waals surface area (Å²) in [4.78, 5) is 15.2. The fourth-order valence-electron chi connectivity index (χ4n) is 2.25. The second-order valence-electron chi connectivity index (χ2n) is 5.70. The minimum absolute atomic E-state index is 0.186. The highest BCUT2D eigenvalue weighted by Crippen LogP contribution is 2.14. The van der Waals surface area contributed by atoms with Gasteiger partial charge in [0.1, 0.15) is 35.9 Å². The molecule has 124 valence electrons. The SMILES string of the molecule is CC(=O)CCc1ccc(OCC(O)Cn2nc(C)nc2C)cc1. The third-order valence-electron chi connectivity index (χ3n) is 3.48. The smallest absolute Gasteiger partial charge is 0.147 e. The molecule has 2 aromatic rings. The van der Waals surface area contributed by atoms with Gasteiger partial charge in [0.15, 0.2) is 0 Å². The summed E-state index contributed by atoms with van der Waals surface area (Å²) in [7, 11) is 0. The number of ether oxygens (including phenoxy) is 1. The van der Waals surface area contributed by atoms with Crippen molar-refractivity contribution in [2.45, 2.75) is 46.3 Å². The molecule has 1 atom stereocenters. The highest BCUT2D eigenvalue weighted by molar-refractivity contribution is 5.75. The number of Topliss-reactive ketones (excluding diaryl/α,β-unsaturated/α-hetero) is 1. The number of aliphatic hydroxyl groups is 1. The standard InChI is InChI=1S/C17H23N3O3/c1-12(21)4-5-15-6-8-17(9-7-15)23-11-16(22)10-20-14(3)18-13(2)19-20/h6-9,16,22H,4-5,10-11H2,1-3H3. The Labute approximate surface area is 136 Å². The maximum atomic E-state index is 11.0. The van der Waals surface area contributed by atoms with E-state index < -0.39 is 6.10 Å². The van der Waals surface area contributed by atoms with Gasteiger partial charge in [-0.25, -0.2) is 9.67 Å². The molecule has 0 aliphatic rings. The normalized spacial score (nSPS) is 12.2. The van der Waals surface area contributed by atoms with E-state index in [1.54, 1.807) is 11.6 Å². The van der Waals surface area contributed by atoms with E-state index in [0.717, 1.165) is 17.8 Å². The quantitative estimate of drug-likeness (QED) is 0.804. The molecule has 0 amide bonds. The van der Waals surface area contributed by atoms with Crippen LogP contribution in [0.5, 0.6) is 5.75 Å². The summed E-state index contributed by atoms with van der Waals surface area (Å²) in [6.45, 7) is 5.80. The Morgan fingerprint density at radius 1 is 1.30 bits per heavy atom. The summed E-state index contributed by atoms with van der Waals surface area (Å²) >= 11 is 0. The van der Waals surface area contributed by atoms with E-state index in [-0.39, 0.29) is 12.4 Å². The lowest BCUT2D eigenvalue weighted by molar-refractivity contribution is -0.116. The summed E-state index contributed by atoms with van der Waals surface area (Å²) in [6.07, 6.45) is 0.630. The van der Waals surface area contributed by atoms with E-state index in [4.69, 9.17) is 4.74 Å². The zero-order valence-corrected chi connectivity index (χ0v) is 13.8. The minimum Gasteiger partial charge on any atom is -0.491 e. The van der Waals surface area contributed by atoms with Gasteiger partial charge in [-0.1, -0.05) is 12.1 Å². The molecule has 1 aromatic heterocycles. The predicted octanol–water partition coefficient (Wildman–Crippen LogP) is 1.86. The van der Waals surface area contributed by atoms with Gasteiger partial charge in [-0.3, -0.25) is 0 Å². The lowest BCUT2D eigenvalue weighted by atomic mass is 10.1. The zero-order chi connectivity index (χ0) is 16.8. The van der Waals surface area contributed by atoms with Crippen LogP contribution in [0.15, 0.2) is 24.3 Å². The Balaban J connectivity index is 1.80. The number of carbonyl (C=O) groups excluding carboxylic acids is 1. The molecule has 1 heterocycles. The molecule has 1 unspecified atom stereocenters. The van der Waals surface area contributed by atoms with Gasteiger partial charge in [0.05, 0.1) is 6.54 Å². The highest BCUT2D eigenvalue weighted by Gasteiger charge is 2.10. The van der Waals surface area contributed by atoms with Crippen LogP contribution < -0.4 is 4.74 Å². The molecule has 0 radical (unpaired) electrons. The van der Waals surface area contributed by atoms with Crippen LogP contribution in [0.2, 0.25) is 0 Å². The number of nitrogens with zero attached hydrogens (tertiary/aromatic N) is 3. The van der Waals surface area contributed by atoms with Gasteiger partial charge >= 0.3 is 0 Å². The molecule has 0 saturated heterocycles. The van der Waals surface area contributed by atoms with Gasteiger partial charge in [-0.15, -0.1) is 0 Å². The first-order valence-electron chi connectivity index (χ1n) is 7.71. The van der Waals surface area contributed by atoms with E-state index in [1.165, 1.54) is 0 Å². The molecule has 0 spiro atoms. The lowest BCUT2D eigenvalue weighted by Crippen LogP contribution is -2.24. The number of hydrogen-bond donors (Lipinski definition) is 1. The summed E-state index contributed by atoms with van der Waals surface area (Å²) in [5.41, 5.74) is 1.10. The number of aromatic nitrogens is 3. The van der Waals surface area contributed by atoms with Gasteiger partial charge in [-0.05, 0) is 44.9 Å². The topological polar surface area (TPSA) is 77.2 Å². The molecular formula is C17H23N3O3. The molecule has 0 aliphatic heterocycles. The number of aryl methyl sites for hydroxylation is 3.